The highest BCUT2D eigenvalue weighted by atomic mass is 16.3. The van der Waals surface area contributed by atoms with Crippen LogP contribution in [0.15, 0.2) is 66.9 Å². The Morgan fingerprint density at radius 2 is 1.93 bits per heavy atom. The predicted molar refractivity (Wildman–Crippen MR) is 117 cm³/mol. The molecule has 0 aliphatic heterocycles. The Bertz CT molecular complexity index is 992. The summed E-state index contributed by atoms with van der Waals surface area (Å²) in [5.74, 6) is 0.271. The minimum Gasteiger partial charge on any atom is -0.508 e. The van der Waals surface area contributed by atoms with Crippen molar-refractivity contribution < 1.29 is 15.0 Å². The van der Waals surface area contributed by atoms with Gasteiger partial charge in [-0.1, -0.05) is 24.3 Å². The van der Waals surface area contributed by atoms with Crippen molar-refractivity contribution in [2.24, 2.45) is 0 Å². The number of anilines is 2. The largest absolute Gasteiger partial charge is 0.508 e. The second kappa shape index (κ2) is 9.87. The van der Waals surface area contributed by atoms with E-state index in [-0.39, 0.29) is 17.7 Å². The standard InChI is InChI=1S/C23H26N4O3/c1-15(25-14-21(29)18-8-9-22(24)26-13-18)10-16-4-2-5-17(11-16)23(30)27-19-6-3-7-20(28)12-19/h2-9,11-13,15,21,25,28-29H,10,14H2,1H3,(H2,24,26)(H,27,30)/t15-,21+/m1/s1. The van der Waals surface area contributed by atoms with Crippen LogP contribution in [-0.4, -0.2) is 33.7 Å². The quantitative estimate of drug-likeness (QED) is 0.392. The van der Waals surface area contributed by atoms with Crippen LogP contribution in [0.2, 0.25) is 0 Å². The van der Waals surface area contributed by atoms with E-state index in [1.165, 1.54) is 6.07 Å². The van der Waals surface area contributed by atoms with Gasteiger partial charge in [0.2, 0.25) is 0 Å². The number of nitrogens with two attached hydrogens (primary N) is 1. The summed E-state index contributed by atoms with van der Waals surface area (Å²) in [4.78, 5) is 16.5. The molecule has 2 aromatic carbocycles. The van der Waals surface area contributed by atoms with Gasteiger partial charge in [0.05, 0.1) is 6.10 Å². The van der Waals surface area contributed by atoms with Crippen LogP contribution >= 0.6 is 0 Å². The number of aromatic hydroxyl groups is 1. The highest BCUT2D eigenvalue weighted by Crippen LogP contribution is 2.17. The predicted octanol–water partition coefficient (Wildman–Crippen LogP) is 2.88. The number of rotatable bonds is 8. The SMILES string of the molecule is C[C@H](Cc1cccc(C(=O)Nc2cccc(O)c2)c1)NC[C@H](O)c1ccc(N)nc1. The summed E-state index contributed by atoms with van der Waals surface area (Å²) >= 11 is 0. The fourth-order valence-electron chi connectivity index (χ4n) is 3.10. The molecule has 1 aromatic heterocycles. The first-order valence-electron chi connectivity index (χ1n) is 9.73. The highest BCUT2D eigenvalue weighted by Gasteiger charge is 2.12. The Kier molecular flexibility index (Phi) is 7.00. The van der Waals surface area contributed by atoms with E-state index in [9.17, 15) is 15.0 Å². The molecule has 3 aromatic rings. The number of phenolic OH excluding ortho intramolecular Hbond substituents is 1. The summed E-state index contributed by atoms with van der Waals surface area (Å²) in [6.07, 6.45) is 1.58. The van der Waals surface area contributed by atoms with Crippen molar-refractivity contribution in [2.75, 3.05) is 17.6 Å². The number of carbonyl (C=O) groups excluding carboxylic acids is 1. The van der Waals surface area contributed by atoms with E-state index in [0.29, 0.717) is 35.6 Å². The molecule has 6 N–H and O–H groups in total. The third-order valence-corrected chi connectivity index (χ3v) is 4.69. The molecule has 0 bridgehead atoms. The molecule has 30 heavy (non-hydrogen) atoms. The summed E-state index contributed by atoms with van der Waals surface area (Å²) in [5.41, 5.74) is 8.35. The molecule has 1 heterocycles. The zero-order valence-corrected chi connectivity index (χ0v) is 16.7. The van der Waals surface area contributed by atoms with E-state index in [1.807, 2.05) is 25.1 Å². The number of nitrogen functional groups attached to an aromatic ring is 1. The fraction of sp³-hybridized carbons (Fsp3) is 0.217. The molecule has 2 atom stereocenters. The van der Waals surface area contributed by atoms with Gasteiger partial charge in [-0.3, -0.25) is 4.79 Å². The van der Waals surface area contributed by atoms with Crippen molar-refractivity contribution >= 4 is 17.4 Å². The summed E-state index contributed by atoms with van der Waals surface area (Å²) in [5, 5.41) is 25.9. The second-order valence-corrected chi connectivity index (χ2v) is 7.25. The van der Waals surface area contributed by atoms with Crippen LogP contribution in [-0.2, 0) is 6.42 Å². The van der Waals surface area contributed by atoms with E-state index >= 15 is 0 Å². The number of aromatic nitrogens is 1. The average Bonchev–Trinajstić information content (AvgIpc) is 2.73. The van der Waals surface area contributed by atoms with Gasteiger partial charge in [0, 0.05) is 41.7 Å². The molecule has 0 saturated heterocycles. The Morgan fingerprint density at radius 1 is 1.13 bits per heavy atom. The number of nitrogens with one attached hydrogen (secondary N) is 2. The summed E-state index contributed by atoms with van der Waals surface area (Å²) in [7, 11) is 0. The van der Waals surface area contributed by atoms with Crippen LogP contribution in [0.3, 0.4) is 0 Å². The molecule has 0 spiro atoms. The van der Waals surface area contributed by atoms with E-state index in [2.05, 4.69) is 15.6 Å². The number of benzene rings is 2. The number of hydrogen-bond acceptors (Lipinski definition) is 6. The number of phenols is 1. The van der Waals surface area contributed by atoms with Gasteiger partial charge in [0.25, 0.3) is 5.91 Å². The minimum atomic E-state index is -0.681. The van der Waals surface area contributed by atoms with Crippen LogP contribution in [0.4, 0.5) is 11.5 Å². The van der Waals surface area contributed by atoms with Gasteiger partial charge in [-0.05, 0) is 49.2 Å². The zero-order chi connectivity index (χ0) is 21.5. The van der Waals surface area contributed by atoms with Crippen molar-refractivity contribution in [3.05, 3.63) is 83.6 Å². The Morgan fingerprint density at radius 3 is 2.67 bits per heavy atom. The minimum absolute atomic E-state index is 0.0887. The molecular formula is C23H26N4O3. The van der Waals surface area contributed by atoms with Crippen molar-refractivity contribution in [1.82, 2.24) is 10.3 Å². The van der Waals surface area contributed by atoms with Gasteiger partial charge < -0.3 is 26.6 Å². The Labute approximate surface area is 175 Å². The number of aliphatic hydroxyl groups excluding tert-OH is 1. The first-order chi connectivity index (χ1) is 14.4. The highest BCUT2D eigenvalue weighted by molar-refractivity contribution is 6.04. The third-order valence-electron chi connectivity index (χ3n) is 4.69. The van der Waals surface area contributed by atoms with Crippen molar-refractivity contribution in [1.29, 1.82) is 0 Å². The average molecular weight is 406 g/mol. The maximum Gasteiger partial charge on any atom is 0.255 e. The normalized spacial score (nSPS) is 12.9. The maximum absolute atomic E-state index is 12.5. The van der Waals surface area contributed by atoms with Crippen LogP contribution in [0.5, 0.6) is 5.75 Å². The molecule has 7 nitrogen and oxygen atoms in total. The molecule has 1 amide bonds. The zero-order valence-electron chi connectivity index (χ0n) is 16.7. The molecule has 0 fully saturated rings. The summed E-state index contributed by atoms with van der Waals surface area (Å²) in [6, 6.07) is 17.3. The third kappa shape index (κ3) is 6.04. The Balaban J connectivity index is 1.55. The van der Waals surface area contributed by atoms with Gasteiger partial charge in [-0.25, -0.2) is 4.98 Å². The lowest BCUT2D eigenvalue weighted by Crippen LogP contribution is -2.32. The van der Waals surface area contributed by atoms with E-state index in [1.54, 1.807) is 42.6 Å². The van der Waals surface area contributed by atoms with E-state index < -0.39 is 6.10 Å². The molecule has 0 aliphatic carbocycles. The molecule has 3 rings (SSSR count). The molecular weight excluding hydrogens is 380 g/mol. The summed E-state index contributed by atoms with van der Waals surface area (Å²) < 4.78 is 0. The number of hydrogen-bond donors (Lipinski definition) is 5. The van der Waals surface area contributed by atoms with Crippen molar-refractivity contribution in [3.63, 3.8) is 0 Å². The number of aliphatic hydroxyl groups is 1. The van der Waals surface area contributed by atoms with Gasteiger partial charge in [-0.2, -0.15) is 0 Å². The van der Waals surface area contributed by atoms with Gasteiger partial charge in [0.1, 0.15) is 11.6 Å². The maximum atomic E-state index is 12.5. The number of nitrogens with zero attached hydrogens (tertiary/aromatic N) is 1. The molecule has 0 radical (unpaired) electrons. The summed E-state index contributed by atoms with van der Waals surface area (Å²) in [6.45, 7) is 2.40. The lowest BCUT2D eigenvalue weighted by atomic mass is 10.0. The number of carbonyl (C=O) groups is 1. The van der Waals surface area contributed by atoms with Gasteiger partial charge in [0.15, 0.2) is 0 Å². The Hall–Kier alpha value is -3.42. The van der Waals surface area contributed by atoms with E-state index in [0.717, 1.165) is 5.56 Å². The van der Waals surface area contributed by atoms with Crippen LogP contribution in [0.1, 0.15) is 34.5 Å². The first-order valence-corrected chi connectivity index (χ1v) is 9.73. The van der Waals surface area contributed by atoms with Crippen LogP contribution in [0.25, 0.3) is 0 Å². The lowest BCUT2D eigenvalue weighted by molar-refractivity contribution is 0.102. The monoisotopic (exact) mass is 406 g/mol. The smallest absolute Gasteiger partial charge is 0.255 e. The number of pyridine rings is 1. The first kappa shape index (κ1) is 21.3. The molecule has 7 heteroatoms. The number of amides is 1. The fourth-order valence-corrected chi connectivity index (χ4v) is 3.10. The molecule has 0 aliphatic rings. The van der Waals surface area contributed by atoms with E-state index in [4.69, 9.17) is 5.73 Å². The van der Waals surface area contributed by atoms with Crippen molar-refractivity contribution in [2.45, 2.75) is 25.5 Å². The van der Waals surface area contributed by atoms with Crippen LogP contribution < -0.4 is 16.4 Å². The molecule has 0 unspecified atom stereocenters. The lowest BCUT2D eigenvalue weighted by Gasteiger charge is -2.18. The van der Waals surface area contributed by atoms with Crippen molar-refractivity contribution in [3.8, 4) is 5.75 Å². The van der Waals surface area contributed by atoms with Gasteiger partial charge in [-0.15, -0.1) is 0 Å². The van der Waals surface area contributed by atoms with Gasteiger partial charge >= 0.3 is 0 Å². The second-order valence-electron chi connectivity index (χ2n) is 7.25. The topological polar surface area (TPSA) is 120 Å². The molecule has 156 valence electrons. The molecule has 0 saturated carbocycles. The van der Waals surface area contributed by atoms with Crippen LogP contribution in [0, 0.1) is 0 Å².